The Morgan fingerprint density at radius 3 is 2.50 bits per heavy atom. The predicted molar refractivity (Wildman–Crippen MR) is 73.2 cm³/mol. The highest BCUT2D eigenvalue weighted by Crippen LogP contribution is 2.26. The molecule has 1 atom stereocenters. The number of rotatable bonds is 3. The zero-order chi connectivity index (χ0) is 13.1. The fourth-order valence-electron chi connectivity index (χ4n) is 3.14. The molecule has 0 aromatic heterocycles. The second-order valence-corrected chi connectivity index (χ2v) is 6.20. The summed E-state index contributed by atoms with van der Waals surface area (Å²) in [6.07, 6.45) is 5.89. The van der Waals surface area contributed by atoms with E-state index in [9.17, 15) is 4.79 Å². The second-order valence-electron chi connectivity index (χ2n) is 6.20. The molecule has 4 heteroatoms. The number of carbonyl (C=O) groups excluding carboxylic acids is 1. The van der Waals surface area contributed by atoms with E-state index in [1.54, 1.807) is 0 Å². The molecule has 104 valence electrons. The topological polar surface area (TPSA) is 49.6 Å². The van der Waals surface area contributed by atoms with Crippen molar-refractivity contribution in [3.63, 3.8) is 0 Å². The quantitative estimate of drug-likeness (QED) is 0.818. The van der Waals surface area contributed by atoms with Crippen molar-refractivity contribution < 1.29 is 4.79 Å². The van der Waals surface area contributed by atoms with Crippen LogP contribution in [0.15, 0.2) is 0 Å². The molecule has 4 nitrogen and oxygen atoms in total. The number of carbonyl (C=O) groups is 1. The first-order chi connectivity index (χ1) is 8.56. The Kier molecular flexibility index (Phi) is 4.62. The van der Waals surface area contributed by atoms with Crippen molar-refractivity contribution in [3.8, 4) is 0 Å². The normalized spacial score (nSPS) is 33.6. The van der Waals surface area contributed by atoms with Gasteiger partial charge in [-0.15, -0.1) is 0 Å². The van der Waals surface area contributed by atoms with Crippen molar-refractivity contribution in [2.45, 2.75) is 51.1 Å². The van der Waals surface area contributed by atoms with Gasteiger partial charge in [-0.25, -0.2) is 0 Å². The molecule has 2 aliphatic rings. The molecule has 0 spiro atoms. The van der Waals surface area contributed by atoms with Crippen LogP contribution in [0.25, 0.3) is 0 Å². The number of hydrogen-bond acceptors (Lipinski definition) is 3. The van der Waals surface area contributed by atoms with Crippen LogP contribution < -0.4 is 5.73 Å². The second kappa shape index (κ2) is 6.02. The zero-order valence-electron chi connectivity index (χ0n) is 11.8. The smallest absolute Gasteiger partial charge is 0.236 e. The van der Waals surface area contributed by atoms with E-state index in [4.69, 9.17) is 5.73 Å². The monoisotopic (exact) mass is 253 g/mol. The summed E-state index contributed by atoms with van der Waals surface area (Å²) in [7, 11) is 1.97. The van der Waals surface area contributed by atoms with Gasteiger partial charge in [0.25, 0.3) is 0 Å². The third kappa shape index (κ3) is 3.45. The highest BCUT2D eigenvalue weighted by Gasteiger charge is 2.27. The fraction of sp³-hybridized carbons (Fsp3) is 0.929. The molecule has 0 radical (unpaired) electrons. The minimum absolute atomic E-state index is 0.263. The first kappa shape index (κ1) is 13.8. The van der Waals surface area contributed by atoms with Crippen molar-refractivity contribution in [2.75, 3.05) is 26.7 Å². The standard InChI is InChI=1S/C14H27N3O/c1-11-3-5-13(6-4-11)16(2)14(18)10-17-8-7-12(15)9-17/h11-13H,3-10,15H2,1-2H3/t11?,12-,13?/m0/s1. The van der Waals surface area contributed by atoms with Crippen LogP contribution in [0.2, 0.25) is 0 Å². The van der Waals surface area contributed by atoms with Crippen molar-refractivity contribution in [2.24, 2.45) is 11.7 Å². The Bertz CT molecular complexity index is 287. The lowest BCUT2D eigenvalue weighted by Gasteiger charge is -2.34. The average molecular weight is 253 g/mol. The van der Waals surface area contributed by atoms with Crippen LogP contribution in [-0.2, 0) is 4.79 Å². The molecule has 1 saturated carbocycles. The summed E-state index contributed by atoms with van der Waals surface area (Å²) < 4.78 is 0. The summed E-state index contributed by atoms with van der Waals surface area (Å²) >= 11 is 0. The number of nitrogens with two attached hydrogens (primary N) is 1. The SMILES string of the molecule is CC1CCC(N(C)C(=O)CN2CC[C@H](N)C2)CC1. The molecule has 1 amide bonds. The lowest BCUT2D eigenvalue weighted by atomic mass is 9.87. The van der Waals surface area contributed by atoms with E-state index in [0.29, 0.717) is 12.6 Å². The molecular weight excluding hydrogens is 226 g/mol. The van der Waals surface area contributed by atoms with Crippen LogP contribution in [0.5, 0.6) is 0 Å². The highest BCUT2D eigenvalue weighted by molar-refractivity contribution is 5.78. The van der Waals surface area contributed by atoms with Crippen LogP contribution in [0.4, 0.5) is 0 Å². The van der Waals surface area contributed by atoms with E-state index in [1.807, 2.05) is 11.9 Å². The third-order valence-electron chi connectivity index (χ3n) is 4.59. The van der Waals surface area contributed by atoms with Crippen molar-refractivity contribution >= 4 is 5.91 Å². The summed E-state index contributed by atoms with van der Waals surface area (Å²) in [5.74, 6) is 1.10. The Morgan fingerprint density at radius 1 is 1.28 bits per heavy atom. The summed E-state index contributed by atoms with van der Waals surface area (Å²) in [5.41, 5.74) is 5.87. The van der Waals surface area contributed by atoms with Gasteiger partial charge >= 0.3 is 0 Å². The largest absolute Gasteiger partial charge is 0.342 e. The fourth-order valence-corrected chi connectivity index (χ4v) is 3.14. The number of amides is 1. The summed E-state index contributed by atoms with van der Waals surface area (Å²) in [4.78, 5) is 16.4. The number of hydrogen-bond donors (Lipinski definition) is 1. The molecule has 0 bridgehead atoms. The number of likely N-dealkylation sites (N-methyl/N-ethyl adjacent to an activating group) is 1. The van der Waals surface area contributed by atoms with Gasteiger partial charge in [0.15, 0.2) is 0 Å². The maximum atomic E-state index is 12.2. The van der Waals surface area contributed by atoms with Gasteiger partial charge in [0.1, 0.15) is 0 Å². The van der Waals surface area contributed by atoms with E-state index < -0.39 is 0 Å². The molecule has 1 aliphatic carbocycles. The Labute approximate surface area is 110 Å². The first-order valence-corrected chi connectivity index (χ1v) is 7.30. The molecule has 0 aromatic rings. The summed E-state index contributed by atoms with van der Waals surface area (Å²) in [6, 6.07) is 0.726. The van der Waals surface area contributed by atoms with E-state index >= 15 is 0 Å². The molecule has 2 N–H and O–H groups in total. The van der Waals surface area contributed by atoms with Gasteiger partial charge in [0, 0.05) is 32.2 Å². The minimum atomic E-state index is 0.263. The van der Waals surface area contributed by atoms with Gasteiger partial charge in [0.2, 0.25) is 5.91 Å². The van der Waals surface area contributed by atoms with Crippen molar-refractivity contribution in [1.29, 1.82) is 0 Å². The lowest BCUT2D eigenvalue weighted by Crippen LogP contribution is -2.44. The molecular formula is C14H27N3O. The van der Waals surface area contributed by atoms with Crippen molar-refractivity contribution in [3.05, 3.63) is 0 Å². The van der Waals surface area contributed by atoms with Crippen LogP contribution in [0.3, 0.4) is 0 Å². The molecule has 18 heavy (non-hydrogen) atoms. The van der Waals surface area contributed by atoms with Gasteiger partial charge < -0.3 is 10.6 Å². The van der Waals surface area contributed by atoms with Crippen LogP contribution in [0, 0.1) is 5.92 Å². The Morgan fingerprint density at radius 2 is 1.94 bits per heavy atom. The maximum Gasteiger partial charge on any atom is 0.236 e. The molecule has 0 aromatic carbocycles. The zero-order valence-corrected chi connectivity index (χ0v) is 11.8. The van der Waals surface area contributed by atoms with Crippen molar-refractivity contribution in [1.82, 2.24) is 9.80 Å². The maximum absolute atomic E-state index is 12.2. The molecule has 1 saturated heterocycles. The van der Waals surface area contributed by atoms with Gasteiger partial charge in [0.05, 0.1) is 6.54 Å². The number of likely N-dealkylation sites (tertiary alicyclic amines) is 1. The minimum Gasteiger partial charge on any atom is -0.342 e. The van der Waals surface area contributed by atoms with Crippen LogP contribution >= 0.6 is 0 Å². The molecule has 0 unspecified atom stereocenters. The third-order valence-corrected chi connectivity index (χ3v) is 4.59. The van der Waals surface area contributed by atoms with Crippen LogP contribution in [0.1, 0.15) is 39.0 Å². The number of nitrogens with zero attached hydrogens (tertiary/aromatic N) is 2. The Hall–Kier alpha value is -0.610. The van der Waals surface area contributed by atoms with E-state index in [1.165, 1.54) is 25.7 Å². The molecule has 1 heterocycles. The van der Waals surface area contributed by atoms with Gasteiger partial charge in [-0.2, -0.15) is 0 Å². The highest BCUT2D eigenvalue weighted by atomic mass is 16.2. The van der Waals surface area contributed by atoms with E-state index in [-0.39, 0.29) is 11.9 Å². The van der Waals surface area contributed by atoms with E-state index in [2.05, 4.69) is 11.8 Å². The van der Waals surface area contributed by atoms with Crippen LogP contribution in [-0.4, -0.2) is 54.5 Å². The first-order valence-electron chi connectivity index (χ1n) is 7.30. The van der Waals surface area contributed by atoms with Gasteiger partial charge in [-0.05, 0) is 38.0 Å². The predicted octanol–water partition coefficient (Wildman–Crippen LogP) is 1.06. The van der Waals surface area contributed by atoms with Gasteiger partial charge in [-0.3, -0.25) is 9.69 Å². The van der Waals surface area contributed by atoms with E-state index in [0.717, 1.165) is 25.4 Å². The molecule has 2 fully saturated rings. The average Bonchev–Trinajstić information content (AvgIpc) is 2.75. The summed E-state index contributed by atoms with van der Waals surface area (Å²) in [6.45, 7) is 4.71. The Balaban J connectivity index is 1.77. The van der Waals surface area contributed by atoms with Gasteiger partial charge in [-0.1, -0.05) is 6.92 Å². The summed E-state index contributed by atoms with van der Waals surface area (Å²) in [5, 5.41) is 0. The molecule has 1 aliphatic heterocycles. The molecule has 2 rings (SSSR count). The lowest BCUT2D eigenvalue weighted by molar-refractivity contribution is -0.133.